The van der Waals surface area contributed by atoms with Gasteiger partial charge in [0.15, 0.2) is 0 Å². The first-order valence-corrected chi connectivity index (χ1v) is 14.9. The zero-order valence-corrected chi connectivity index (χ0v) is 25.2. The van der Waals surface area contributed by atoms with Crippen LogP contribution >= 0.6 is 11.8 Å². The van der Waals surface area contributed by atoms with Gasteiger partial charge in [0.05, 0.1) is 35.8 Å². The lowest BCUT2D eigenvalue weighted by molar-refractivity contribution is -0.154. The lowest BCUT2D eigenvalue weighted by Gasteiger charge is -2.47. The summed E-state index contributed by atoms with van der Waals surface area (Å²) in [5, 5.41) is 10.4. The van der Waals surface area contributed by atoms with E-state index in [9.17, 15) is 19.5 Å². The second kappa shape index (κ2) is 11.4. The molecule has 3 aliphatic heterocycles. The number of aliphatic hydroxyl groups is 1. The number of carbonyl (C=O) groups is 3. The first-order chi connectivity index (χ1) is 17.7. The fourth-order valence-corrected chi connectivity index (χ4v) is 9.45. The van der Waals surface area contributed by atoms with Crippen molar-refractivity contribution >= 4 is 29.5 Å². The summed E-state index contributed by atoms with van der Waals surface area (Å²) in [4.78, 5) is 45.8. The van der Waals surface area contributed by atoms with Crippen LogP contribution in [0.15, 0.2) is 25.3 Å². The van der Waals surface area contributed by atoms with E-state index in [-0.39, 0.29) is 47.6 Å². The average Bonchev–Trinajstić information content (AvgIpc) is 3.43. The first kappa shape index (κ1) is 30.7. The third kappa shape index (κ3) is 5.45. The van der Waals surface area contributed by atoms with Crippen LogP contribution < -0.4 is 0 Å². The van der Waals surface area contributed by atoms with Crippen molar-refractivity contribution in [3.8, 4) is 0 Å². The summed E-state index contributed by atoms with van der Waals surface area (Å²) in [5.74, 6) is -1.98. The molecule has 2 bridgehead atoms. The Labute approximate surface area is 233 Å². The van der Waals surface area contributed by atoms with Gasteiger partial charge >= 0.3 is 5.97 Å². The van der Waals surface area contributed by atoms with Crippen LogP contribution in [0.1, 0.15) is 74.1 Å². The van der Waals surface area contributed by atoms with Gasteiger partial charge in [0.2, 0.25) is 11.8 Å². The molecule has 0 aromatic heterocycles. The van der Waals surface area contributed by atoms with E-state index in [0.717, 1.165) is 12.8 Å². The normalized spacial score (nSPS) is 29.4. The van der Waals surface area contributed by atoms with Crippen LogP contribution in [-0.2, 0) is 19.1 Å². The van der Waals surface area contributed by atoms with E-state index in [0.29, 0.717) is 19.4 Å². The van der Waals surface area contributed by atoms with E-state index < -0.39 is 34.2 Å². The summed E-state index contributed by atoms with van der Waals surface area (Å²) in [6.45, 7) is 22.5. The number of amides is 2. The Bertz CT molecular complexity index is 941. The lowest BCUT2D eigenvalue weighted by atomic mass is 9.71. The molecule has 8 heteroatoms. The maximum absolute atomic E-state index is 14.7. The van der Waals surface area contributed by atoms with Crippen molar-refractivity contribution < 1.29 is 24.2 Å². The van der Waals surface area contributed by atoms with E-state index in [4.69, 9.17) is 4.74 Å². The van der Waals surface area contributed by atoms with Crippen molar-refractivity contribution in [2.75, 3.05) is 19.8 Å². The summed E-state index contributed by atoms with van der Waals surface area (Å²) in [5.41, 5.74) is -0.522. The maximum atomic E-state index is 14.7. The molecule has 6 atom stereocenters. The van der Waals surface area contributed by atoms with Gasteiger partial charge in [-0.15, -0.1) is 24.9 Å². The molecule has 7 nitrogen and oxygen atoms in total. The highest BCUT2D eigenvalue weighted by atomic mass is 32.2. The Morgan fingerprint density at radius 1 is 1.24 bits per heavy atom. The predicted octanol–water partition coefficient (Wildman–Crippen LogP) is 4.44. The maximum Gasteiger partial charge on any atom is 0.310 e. The molecule has 3 aliphatic rings. The molecule has 0 aliphatic carbocycles. The number of aliphatic hydroxyl groups excluding tert-OH is 1. The Balaban J connectivity index is 2.10. The van der Waals surface area contributed by atoms with Crippen molar-refractivity contribution in [2.45, 2.75) is 102 Å². The number of fused-ring (bicyclic) bond motifs is 1. The van der Waals surface area contributed by atoms with Gasteiger partial charge in [-0.2, -0.15) is 0 Å². The Hall–Kier alpha value is -1.80. The monoisotopic (exact) mass is 548 g/mol. The van der Waals surface area contributed by atoms with Crippen LogP contribution in [0, 0.1) is 23.2 Å². The lowest BCUT2D eigenvalue weighted by Crippen LogP contribution is -2.62. The standard InChI is InChI=1S/C30H48N2O5S/c1-10-12-16-37-27(36)22-21-13-14-30(38-21)23(22)25(34)32(20(17-33)19(3)4)24(30)26(35)31(15-11-2)29(8,9)18-28(5,6)7/h10-11,19-24,33H,1-2,12-18H2,3-9H3/t20-,21-,22+,23-,24?,30?/m0/s1. The minimum Gasteiger partial charge on any atom is -0.465 e. The van der Waals surface area contributed by atoms with Crippen LogP contribution in [-0.4, -0.2) is 80.1 Å². The number of thioether (sulfide) groups is 1. The molecule has 3 rings (SSSR count). The highest BCUT2D eigenvalue weighted by molar-refractivity contribution is 8.02. The van der Waals surface area contributed by atoms with E-state index in [2.05, 4.69) is 47.8 Å². The molecule has 2 unspecified atom stereocenters. The summed E-state index contributed by atoms with van der Waals surface area (Å²) >= 11 is 1.63. The summed E-state index contributed by atoms with van der Waals surface area (Å²) < 4.78 is 4.86. The average molecular weight is 549 g/mol. The van der Waals surface area contributed by atoms with Crippen molar-refractivity contribution in [1.29, 1.82) is 0 Å². The molecule has 3 heterocycles. The van der Waals surface area contributed by atoms with Crippen LogP contribution in [0.5, 0.6) is 0 Å². The topological polar surface area (TPSA) is 87.2 Å². The van der Waals surface area contributed by atoms with Crippen molar-refractivity contribution in [3.05, 3.63) is 25.3 Å². The van der Waals surface area contributed by atoms with Gasteiger partial charge in [0.25, 0.3) is 0 Å². The molecule has 0 saturated carbocycles. The highest BCUT2D eigenvalue weighted by Crippen LogP contribution is 2.67. The number of hydrogen-bond acceptors (Lipinski definition) is 6. The molecular formula is C30H48N2O5S. The molecule has 0 radical (unpaired) electrons. The quantitative estimate of drug-likeness (QED) is 0.220. The molecule has 0 aromatic carbocycles. The van der Waals surface area contributed by atoms with Crippen LogP contribution in [0.3, 0.4) is 0 Å². The summed E-state index contributed by atoms with van der Waals surface area (Å²) in [6.07, 6.45) is 6.18. The molecule has 1 spiro atoms. The zero-order chi connectivity index (χ0) is 28.6. The molecule has 38 heavy (non-hydrogen) atoms. The van der Waals surface area contributed by atoms with E-state index in [1.54, 1.807) is 28.8 Å². The van der Waals surface area contributed by atoms with Crippen molar-refractivity contribution in [3.63, 3.8) is 0 Å². The van der Waals surface area contributed by atoms with E-state index in [1.165, 1.54) is 0 Å². The second-order valence-corrected chi connectivity index (χ2v) is 14.9. The molecule has 3 saturated heterocycles. The largest absolute Gasteiger partial charge is 0.465 e. The number of ether oxygens (including phenoxy) is 1. The van der Waals surface area contributed by atoms with Gasteiger partial charge in [-0.05, 0) is 50.9 Å². The molecule has 1 N–H and O–H groups in total. The van der Waals surface area contributed by atoms with Gasteiger partial charge in [-0.3, -0.25) is 14.4 Å². The second-order valence-electron chi connectivity index (χ2n) is 13.3. The van der Waals surface area contributed by atoms with E-state index >= 15 is 0 Å². The van der Waals surface area contributed by atoms with Crippen molar-refractivity contribution in [2.24, 2.45) is 23.2 Å². The van der Waals surface area contributed by atoms with Crippen LogP contribution in [0.4, 0.5) is 0 Å². The number of nitrogens with zero attached hydrogens (tertiary/aromatic N) is 2. The number of carbonyl (C=O) groups excluding carboxylic acids is 3. The fourth-order valence-electron chi connectivity index (χ4n) is 7.26. The third-order valence-electron chi connectivity index (χ3n) is 8.40. The molecule has 0 aromatic rings. The van der Waals surface area contributed by atoms with Crippen LogP contribution in [0.2, 0.25) is 0 Å². The van der Waals surface area contributed by atoms with Gasteiger partial charge < -0.3 is 19.6 Å². The van der Waals surface area contributed by atoms with Crippen LogP contribution in [0.25, 0.3) is 0 Å². The van der Waals surface area contributed by atoms with Gasteiger partial charge in [-0.25, -0.2) is 0 Å². The van der Waals surface area contributed by atoms with Gasteiger partial charge in [0.1, 0.15) is 6.04 Å². The SMILES string of the molecule is C=CCCOC(=O)[C@@H]1[C@@H]2CCC3(S2)C(C(=O)N(CC=C)C(C)(C)CC(C)(C)C)N([C@@H](CO)C(C)C)C(=O)[C@H]13. The van der Waals surface area contributed by atoms with Crippen molar-refractivity contribution in [1.82, 2.24) is 9.80 Å². The zero-order valence-electron chi connectivity index (χ0n) is 24.4. The smallest absolute Gasteiger partial charge is 0.310 e. The molecule has 3 fully saturated rings. The summed E-state index contributed by atoms with van der Waals surface area (Å²) in [6, 6.07) is -1.29. The predicted molar refractivity (Wildman–Crippen MR) is 153 cm³/mol. The number of rotatable bonds is 12. The minimum atomic E-state index is -0.764. The summed E-state index contributed by atoms with van der Waals surface area (Å²) in [7, 11) is 0. The van der Waals surface area contributed by atoms with Gasteiger partial charge in [0, 0.05) is 17.3 Å². The Kier molecular flexibility index (Phi) is 9.19. The number of hydrogen-bond donors (Lipinski definition) is 1. The first-order valence-electron chi connectivity index (χ1n) is 14.0. The Morgan fingerprint density at radius 2 is 1.89 bits per heavy atom. The number of esters is 1. The van der Waals surface area contributed by atoms with E-state index in [1.807, 2.05) is 18.7 Å². The highest BCUT2D eigenvalue weighted by Gasteiger charge is 2.75. The Morgan fingerprint density at radius 3 is 2.42 bits per heavy atom. The molecule has 2 amide bonds. The number of likely N-dealkylation sites (tertiary alicyclic amines) is 1. The minimum absolute atomic E-state index is 0.0262. The molecule has 214 valence electrons. The third-order valence-corrected chi connectivity index (χ3v) is 10.3. The fraction of sp³-hybridized carbons (Fsp3) is 0.767. The molecular weight excluding hydrogens is 500 g/mol. The van der Waals surface area contributed by atoms with Gasteiger partial charge in [-0.1, -0.05) is 46.8 Å².